The monoisotopic (exact) mass is 410 g/mol. The minimum absolute atomic E-state index is 0.212. The topological polar surface area (TPSA) is 78.4 Å². The zero-order valence-corrected chi connectivity index (χ0v) is 15.4. The fourth-order valence-corrected chi connectivity index (χ4v) is 2.22. The summed E-state index contributed by atoms with van der Waals surface area (Å²) >= 11 is 22.4. The Kier molecular flexibility index (Phi) is 8.21. The highest BCUT2D eigenvalue weighted by Gasteiger charge is 2.11. The number of ether oxygens (including phenoxy) is 2. The van der Waals surface area contributed by atoms with Gasteiger partial charge in [-0.1, -0.05) is 46.4 Å². The van der Waals surface area contributed by atoms with Gasteiger partial charge in [0.25, 0.3) is 0 Å². The lowest BCUT2D eigenvalue weighted by Crippen LogP contribution is -2.02. The Morgan fingerprint density at radius 1 is 0.792 bits per heavy atom. The molecule has 0 saturated carbocycles. The van der Waals surface area contributed by atoms with Crippen molar-refractivity contribution in [2.24, 2.45) is 0 Å². The van der Waals surface area contributed by atoms with Crippen molar-refractivity contribution >= 4 is 58.3 Å². The van der Waals surface area contributed by atoms with Crippen molar-refractivity contribution in [1.29, 1.82) is 0 Å². The van der Waals surface area contributed by atoms with Crippen LogP contribution in [-0.2, 0) is 9.47 Å². The lowest BCUT2D eigenvalue weighted by Gasteiger charge is -2.00. The van der Waals surface area contributed by atoms with E-state index in [0.717, 1.165) is 0 Å². The number of pyridine rings is 2. The summed E-state index contributed by atoms with van der Waals surface area (Å²) in [6.07, 6.45) is 2.55. The van der Waals surface area contributed by atoms with E-state index in [2.05, 4.69) is 19.4 Å². The molecular weight excluding hydrogens is 402 g/mol. The normalized spacial score (nSPS) is 9.58. The van der Waals surface area contributed by atoms with Gasteiger partial charge in [0.1, 0.15) is 10.3 Å². The van der Waals surface area contributed by atoms with Gasteiger partial charge in [0.2, 0.25) is 0 Å². The third-order valence-corrected chi connectivity index (χ3v) is 3.49. The summed E-state index contributed by atoms with van der Waals surface area (Å²) < 4.78 is 8.90. The SMILES string of the molecule is COC(=O)c1cnc(Cl)cc1Cl.COC(=O)c1cnc(Cl)cc1Cl. The van der Waals surface area contributed by atoms with Gasteiger partial charge < -0.3 is 9.47 Å². The van der Waals surface area contributed by atoms with Crippen LogP contribution in [0.3, 0.4) is 0 Å². The molecule has 0 saturated heterocycles. The van der Waals surface area contributed by atoms with Gasteiger partial charge in [-0.25, -0.2) is 19.6 Å². The number of carbonyl (C=O) groups is 2. The molecule has 2 aromatic heterocycles. The van der Waals surface area contributed by atoms with Gasteiger partial charge in [-0.15, -0.1) is 0 Å². The number of hydrogen-bond donors (Lipinski definition) is 0. The molecule has 0 N–H and O–H groups in total. The minimum atomic E-state index is -0.524. The largest absolute Gasteiger partial charge is 0.465 e. The quantitative estimate of drug-likeness (QED) is 0.539. The molecule has 0 spiro atoms. The zero-order chi connectivity index (χ0) is 18.3. The molecule has 0 amide bonds. The fraction of sp³-hybridized carbons (Fsp3) is 0.143. The molecule has 0 bridgehead atoms. The molecule has 128 valence electrons. The van der Waals surface area contributed by atoms with E-state index in [1.165, 1.54) is 38.7 Å². The molecule has 10 heteroatoms. The van der Waals surface area contributed by atoms with Crippen LogP contribution < -0.4 is 0 Å². The van der Waals surface area contributed by atoms with Gasteiger partial charge >= 0.3 is 11.9 Å². The number of esters is 2. The van der Waals surface area contributed by atoms with E-state index < -0.39 is 11.9 Å². The van der Waals surface area contributed by atoms with Gasteiger partial charge in [0, 0.05) is 12.4 Å². The Hall–Kier alpha value is -1.60. The van der Waals surface area contributed by atoms with E-state index in [1.54, 1.807) is 0 Å². The molecule has 6 nitrogen and oxygen atoms in total. The van der Waals surface area contributed by atoms with Crippen LogP contribution >= 0.6 is 46.4 Å². The van der Waals surface area contributed by atoms with Crippen molar-refractivity contribution in [3.05, 3.63) is 56.0 Å². The molecule has 0 aliphatic carbocycles. The summed E-state index contributed by atoms with van der Waals surface area (Å²) in [6, 6.07) is 2.77. The van der Waals surface area contributed by atoms with E-state index >= 15 is 0 Å². The van der Waals surface area contributed by atoms with Crippen molar-refractivity contribution in [3.63, 3.8) is 0 Å². The maximum atomic E-state index is 11.0. The van der Waals surface area contributed by atoms with E-state index in [4.69, 9.17) is 46.4 Å². The summed E-state index contributed by atoms with van der Waals surface area (Å²) in [5.74, 6) is -1.05. The highest BCUT2D eigenvalue weighted by Crippen LogP contribution is 2.19. The van der Waals surface area contributed by atoms with Crippen LogP contribution in [-0.4, -0.2) is 36.1 Å². The van der Waals surface area contributed by atoms with E-state index in [-0.39, 0.29) is 31.5 Å². The molecule has 0 atom stereocenters. The maximum Gasteiger partial charge on any atom is 0.340 e. The Morgan fingerprint density at radius 3 is 1.38 bits per heavy atom. The Morgan fingerprint density at radius 2 is 1.12 bits per heavy atom. The molecule has 2 rings (SSSR count). The van der Waals surface area contributed by atoms with Crippen molar-refractivity contribution in [2.75, 3.05) is 14.2 Å². The Balaban J connectivity index is 0.000000240. The molecule has 0 fully saturated rings. The first-order valence-electron chi connectivity index (χ1n) is 6.08. The first-order valence-corrected chi connectivity index (χ1v) is 7.60. The van der Waals surface area contributed by atoms with E-state index in [9.17, 15) is 9.59 Å². The predicted molar refractivity (Wildman–Crippen MR) is 91.2 cm³/mol. The number of nitrogens with zero attached hydrogens (tertiary/aromatic N) is 2. The highest BCUT2D eigenvalue weighted by molar-refractivity contribution is 6.36. The van der Waals surface area contributed by atoms with Gasteiger partial charge in [0.05, 0.1) is 35.4 Å². The van der Waals surface area contributed by atoms with Crippen LogP contribution in [0.2, 0.25) is 20.4 Å². The second kappa shape index (κ2) is 9.64. The molecule has 0 aliphatic rings. The molecular formula is C14H10Cl4N2O4. The summed E-state index contributed by atoms with van der Waals surface area (Å²) in [4.78, 5) is 29.3. The van der Waals surface area contributed by atoms with Crippen LogP contribution in [0.4, 0.5) is 0 Å². The molecule has 0 radical (unpaired) electrons. The number of aromatic nitrogens is 2. The molecule has 2 heterocycles. The van der Waals surface area contributed by atoms with Crippen molar-refractivity contribution in [1.82, 2.24) is 9.97 Å². The number of methoxy groups -OCH3 is 2. The first kappa shape index (κ1) is 20.4. The number of halogens is 4. The average molecular weight is 412 g/mol. The lowest BCUT2D eigenvalue weighted by atomic mass is 10.3. The van der Waals surface area contributed by atoms with Crippen LogP contribution in [0, 0.1) is 0 Å². The van der Waals surface area contributed by atoms with Crippen molar-refractivity contribution in [2.45, 2.75) is 0 Å². The first-order chi connectivity index (χ1) is 11.3. The molecule has 0 aromatic carbocycles. The lowest BCUT2D eigenvalue weighted by molar-refractivity contribution is 0.0591. The van der Waals surface area contributed by atoms with Gasteiger partial charge in [0.15, 0.2) is 0 Å². The smallest absolute Gasteiger partial charge is 0.340 e. The Bertz CT molecular complexity index is 692. The molecule has 0 aliphatic heterocycles. The van der Waals surface area contributed by atoms with Crippen molar-refractivity contribution in [3.8, 4) is 0 Å². The van der Waals surface area contributed by atoms with E-state index in [1.807, 2.05) is 0 Å². The summed E-state index contributed by atoms with van der Waals surface area (Å²) in [5, 5.41) is 0.962. The van der Waals surface area contributed by atoms with Gasteiger partial charge in [-0.3, -0.25) is 0 Å². The maximum absolute atomic E-state index is 11.0. The third-order valence-electron chi connectivity index (χ3n) is 2.45. The second-order valence-electron chi connectivity index (χ2n) is 3.96. The number of rotatable bonds is 2. The Labute approximate surface area is 157 Å². The minimum Gasteiger partial charge on any atom is -0.465 e. The highest BCUT2D eigenvalue weighted by atomic mass is 35.5. The summed E-state index contributed by atoms with van der Waals surface area (Å²) in [7, 11) is 2.54. The summed E-state index contributed by atoms with van der Waals surface area (Å²) in [5.41, 5.74) is 0.423. The van der Waals surface area contributed by atoms with Gasteiger partial charge in [-0.05, 0) is 12.1 Å². The van der Waals surface area contributed by atoms with Crippen molar-refractivity contribution < 1.29 is 19.1 Å². The molecule has 24 heavy (non-hydrogen) atoms. The fourth-order valence-electron chi connectivity index (χ4n) is 1.34. The molecule has 2 aromatic rings. The summed E-state index contributed by atoms with van der Waals surface area (Å²) in [6.45, 7) is 0. The average Bonchev–Trinajstić information content (AvgIpc) is 2.54. The predicted octanol–water partition coefficient (Wildman–Crippen LogP) is 4.35. The van der Waals surface area contributed by atoms with Crippen LogP contribution in [0.15, 0.2) is 24.5 Å². The number of hydrogen-bond acceptors (Lipinski definition) is 6. The van der Waals surface area contributed by atoms with Crippen LogP contribution in [0.5, 0.6) is 0 Å². The standard InChI is InChI=1S/2C7H5Cl2NO2/c2*1-12-7(11)4-3-10-6(9)2-5(4)8/h2*2-3H,1H3. The third kappa shape index (κ3) is 5.79. The second-order valence-corrected chi connectivity index (χ2v) is 5.55. The zero-order valence-electron chi connectivity index (χ0n) is 12.3. The number of carbonyl (C=O) groups excluding carboxylic acids is 2. The van der Waals surface area contributed by atoms with E-state index in [0.29, 0.717) is 0 Å². The molecule has 0 unspecified atom stereocenters. The van der Waals surface area contributed by atoms with Crippen LogP contribution in [0.1, 0.15) is 20.7 Å². The van der Waals surface area contributed by atoms with Crippen LogP contribution in [0.25, 0.3) is 0 Å². The van der Waals surface area contributed by atoms with Gasteiger partial charge in [-0.2, -0.15) is 0 Å².